The van der Waals surface area contributed by atoms with Gasteiger partial charge in [0.25, 0.3) is 28.4 Å². The number of hydrazine groups is 1. The molecule has 0 fully saturated rings. The molecule has 660 valence electrons. The van der Waals surface area contributed by atoms with Crippen LogP contribution in [-0.4, -0.2) is 106 Å². The van der Waals surface area contributed by atoms with Gasteiger partial charge in [0.15, 0.2) is 33.4 Å². The van der Waals surface area contributed by atoms with Gasteiger partial charge in [-0.1, -0.05) is 25.1 Å². The molecule has 0 spiro atoms. The van der Waals surface area contributed by atoms with E-state index in [-0.39, 0.29) is 81.3 Å². The molecular formula is C87H83ClN18O15S7. The van der Waals surface area contributed by atoms with Gasteiger partial charge in [0.1, 0.15) is 26.5 Å². The fourth-order valence-electron chi connectivity index (χ4n) is 11.2. The lowest BCUT2D eigenvalue weighted by atomic mass is 10.00. The van der Waals surface area contributed by atoms with Gasteiger partial charge in [0.2, 0.25) is 0 Å². The van der Waals surface area contributed by atoms with Crippen molar-refractivity contribution in [3.63, 3.8) is 0 Å². The number of fused-ring (bicyclic) bond motifs is 1. The first-order valence-corrected chi connectivity index (χ1v) is 42.3. The first-order chi connectivity index (χ1) is 60.4. The summed E-state index contributed by atoms with van der Waals surface area (Å²) in [5, 5.41) is 81.5. The Morgan fingerprint density at radius 2 is 0.953 bits per heavy atom. The van der Waals surface area contributed by atoms with Gasteiger partial charge in [-0.15, -0.1) is 57.8 Å². The zero-order chi connectivity index (χ0) is 93.5. The number of Topliss-reactive ketones (excluding diaryl/α,β-unsaturated/α-hetero) is 2. The Hall–Kier alpha value is -14.0. The minimum atomic E-state index is -0.543. The van der Waals surface area contributed by atoms with Crippen LogP contribution in [-0.2, 0) is 24.3 Å². The van der Waals surface area contributed by atoms with Crippen LogP contribution in [0.15, 0.2) is 205 Å². The van der Waals surface area contributed by atoms with Gasteiger partial charge >= 0.3 is 0 Å². The number of ketones is 5. The number of nitro benzene ring substituents is 5. The zero-order valence-electron chi connectivity index (χ0n) is 70.2. The number of carbonyl (C=O) groups is 5. The first kappa shape index (κ1) is 103. The van der Waals surface area contributed by atoms with Gasteiger partial charge in [-0.05, 0) is 230 Å². The molecule has 0 aliphatic carbocycles. The Morgan fingerprint density at radius 1 is 0.562 bits per heavy atom. The van der Waals surface area contributed by atoms with Gasteiger partial charge in [-0.25, -0.2) is 10.9 Å². The molecule has 0 saturated carbocycles. The number of nitrogens with one attached hydrogen (secondary N) is 2. The molecule has 0 bridgehead atoms. The standard InChI is InChI=1S/C20H19N5O3S2.C20H17N5O2S2.C14H10N2O3S2.C13H12N2O3S.C9H6N2O3.C7H10N2.C4H8O.ClH/c1-12-13(2)30-19(23-20(29)24(21)11-14-4-3-9-22-10-14)17(12)18(26)15-5-7-16(8-6-15)25(27)28;1-12-13(2)29-19-17(12)18(15-5-7-16(8-6-15)25(26)27)23-24(20(28)22-19)11-14-4-3-9-21-10-14;1-8-9(2)21-14(15-7-20)12(8)13(17)10-3-5-11(6-4-10)16(18)19;1-7-8(2)19-13(14)11(7)12(16)9-3-5-10(6-4-9)15(17)18;10-6-5-9(12)7-1-3-8(4-2-7)11(13)14;8-4-3-7-2-1-5-9-6-7;1-3-4(2)5;/h3-10H,11,21H2,1-2H3,(H,23,29);3-10H,11H2,1-2H3,(H,22,28);3-6H,1-2H3;3-6H,14H2,1-2H3;1-4H,5H2;1-2,5-6H,3-4,8H2;3H2,1-2H3;1H. The van der Waals surface area contributed by atoms with Crippen LogP contribution in [0.5, 0.6) is 0 Å². The number of aryl methyl sites for hydroxylation is 4. The van der Waals surface area contributed by atoms with Crippen molar-refractivity contribution in [2.45, 2.75) is 102 Å². The summed E-state index contributed by atoms with van der Waals surface area (Å²) in [4.78, 5) is 130. The van der Waals surface area contributed by atoms with Crippen molar-refractivity contribution in [1.29, 1.82) is 5.26 Å². The lowest BCUT2D eigenvalue weighted by Gasteiger charge is -2.20. The van der Waals surface area contributed by atoms with E-state index in [9.17, 15) is 74.5 Å². The highest BCUT2D eigenvalue weighted by Gasteiger charge is 2.29. The first-order valence-electron chi connectivity index (χ1n) is 37.8. The van der Waals surface area contributed by atoms with Gasteiger partial charge in [0.05, 0.1) is 77.0 Å². The van der Waals surface area contributed by atoms with Crippen molar-refractivity contribution in [2.75, 3.05) is 22.9 Å². The quantitative estimate of drug-likeness (QED) is 0.00991. The molecule has 128 heavy (non-hydrogen) atoms. The number of thiophene rings is 4. The number of nitro groups is 5. The van der Waals surface area contributed by atoms with Crippen LogP contribution < -0.4 is 27.9 Å². The molecule has 41 heteroatoms. The number of aliphatic imine (C=N–C) groups is 1. The molecule has 0 atom stereocenters. The topological polar surface area (TPSA) is 497 Å². The number of non-ortho nitro benzene ring substituents is 5. The highest BCUT2D eigenvalue weighted by Crippen LogP contribution is 2.40. The fourth-order valence-corrected chi connectivity index (χ4v) is 15.9. The van der Waals surface area contributed by atoms with E-state index in [2.05, 4.69) is 54.9 Å². The number of hydrogen-bond acceptors (Lipinski definition) is 31. The summed E-state index contributed by atoms with van der Waals surface area (Å²) in [6.07, 6.45) is 11.9. The summed E-state index contributed by atoms with van der Waals surface area (Å²) < 4.78 is 0. The Bertz CT molecular complexity index is 6170. The van der Waals surface area contributed by atoms with E-state index in [1.54, 1.807) is 72.5 Å². The number of carbonyl (C=O) groups excluding carboxylic acids is 5. The Labute approximate surface area is 772 Å². The number of anilines is 3. The smallest absolute Gasteiger partial charge is 0.269 e. The highest BCUT2D eigenvalue weighted by molar-refractivity contribution is 7.80. The van der Waals surface area contributed by atoms with E-state index in [1.165, 1.54) is 159 Å². The van der Waals surface area contributed by atoms with Crippen molar-refractivity contribution in [2.24, 2.45) is 21.7 Å². The monoisotopic (exact) mass is 1880 g/mol. The van der Waals surface area contributed by atoms with Crippen molar-refractivity contribution in [3.8, 4) is 6.07 Å². The van der Waals surface area contributed by atoms with E-state index in [0.717, 1.165) is 76.3 Å². The maximum absolute atomic E-state index is 13.1. The van der Waals surface area contributed by atoms with E-state index in [0.29, 0.717) is 85.1 Å². The van der Waals surface area contributed by atoms with Crippen LogP contribution in [0.25, 0.3) is 0 Å². The van der Waals surface area contributed by atoms with Crippen LogP contribution in [0.1, 0.15) is 154 Å². The van der Waals surface area contributed by atoms with E-state index in [1.807, 2.05) is 98.0 Å². The summed E-state index contributed by atoms with van der Waals surface area (Å²) in [5.41, 5.74) is 23.1. The minimum Gasteiger partial charge on any atom is -0.390 e. The minimum absolute atomic E-state index is 0. The third-order valence-electron chi connectivity index (χ3n) is 18.6. The van der Waals surface area contributed by atoms with E-state index in [4.69, 9.17) is 52.1 Å². The Balaban J connectivity index is 0.000000241. The SMILES string of the molecule is CCC(C)=O.Cc1sc(N)c(C(=O)c2ccc([N+](=O)[O-])cc2)c1C.Cc1sc(N=C=S)c(C(=O)c2ccc([N+](=O)[O-])cc2)c1C.Cc1sc(NC(=S)N(N)Cc2cccnc2)c(C(=O)c2ccc([N+](=O)[O-])cc2)c1C.Cc1sc2c(c1C)C(c1ccc([N+](=O)[O-])cc1)=NN(Cc1cccnc1)C(=S)N2.Cl.N#CCC(=O)c1ccc([N+](=O)[O-])cc1.NCCc1cccnc1. The predicted octanol–water partition coefficient (Wildman–Crippen LogP) is 19.6. The number of hydrazone groups is 1. The summed E-state index contributed by atoms with van der Waals surface area (Å²) in [6.45, 7) is 20.3. The van der Waals surface area contributed by atoms with Crippen LogP contribution >= 0.6 is 94.4 Å². The van der Waals surface area contributed by atoms with Gasteiger partial charge in [-0.3, -0.25) is 89.7 Å². The molecule has 0 saturated heterocycles. The molecule has 0 amide bonds. The largest absolute Gasteiger partial charge is 0.390 e. The van der Waals surface area contributed by atoms with Crippen molar-refractivity contribution in [3.05, 3.63) is 354 Å². The van der Waals surface area contributed by atoms with Crippen molar-refractivity contribution < 1.29 is 48.6 Å². The van der Waals surface area contributed by atoms with Gasteiger partial charge in [0, 0.05) is 157 Å². The Morgan fingerprint density at radius 3 is 1.36 bits per heavy atom. The van der Waals surface area contributed by atoms with Crippen LogP contribution in [0.3, 0.4) is 0 Å². The molecule has 1 aliphatic rings. The molecule has 13 rings (SSSR count). The van der Waals surface area contributed by atoms with Crippen LogP contribution in [0.2, 0.25) is 0 Å². The highest BCUT2D eigenvalue weighted by atomic mass is 35.5. The summed E-state index contributed by atoms with van der Waals surface area (Å²) >= 11 is 21.4. The molecule has 8 N–H and O–H groups in total. The summed E-state index contributed by atoms with van der Waals surface area (Å²) in [6, 6.07) is 41.4. The molecule has 0 unspecified atom stereocenters. The number of nitrogen functional groups attached to an aromatic ring is 1. The molecule has 0 radical (unpaired) electrons. The number of halogens is 1. The lowest BCUT2D eigenvalue weighted by Crippen LogP contribution is -2.39. The third kappa shape index (κ3) is 28.8. The number of pyridine rings is 3. The van der Waals surface area contributed by atoms with Crippen molar-refractivity contribution >= 4 is 193 Å². The fraction of sp³-hybridized carbons (Fsp3) is 0.184. The Kier molecular flexibility index (Phi) is 39.9. The molecule has 7 aromatic heterocycles. The third-order valence-corrected chi connectivity index (χ3v) is 23.7. The number of nitriles is 1. The number of nitrogens with zero attached hydrogens (tertiary/aromatic N) is 13. The van der Waals surface area contributed by atoms with E-state index < -0.39 is 24.6 Å². The molecule has 33 nitrogen and oxygen atoms in total. The van der Waals surface area contributed by atoms with Gasteiger partial charge < -0.3 is 26.9 Å². The number of rotatable bonds is 23. The molecular weight excluding hydrogens is 1800 g/mol. The van der Waals surface area contributed by atoms with E-state index >= 15 is 0 Å². The molecule has 8 heterocycles. The molecule has 5 aromatic carbocycles. The maximum atomic E-state index is 13.1. The second-order valence-electron chi connectivity index (χ2n) is 27.1. The number of isothiocyanates is 1. The zero-order valence-corrected chi connectivity index (χ0v) is 76.7. The summed E-state index contributed by atoms with van der Waals surface area (Å²) in [7, 11) is 0. The normalized spacial score (nSPS) is 10.6. The van der Waals surface area contributed by atoms with Crippen LogP contribution in [0.4, 0.5) is 48.4 Å². The number of benzene rings is 5. The second-order valence-corrected chi connectivity index (χ2v) is 33.0. The van der Waals surface area contributed by atoms with Gasteiger partial charge in [-0.2, -0.15) is 15.4 Å². The number of hydrogen-bond donors (Lipinski definition) is 5. The lowest BCUT2D eigenvalue weighted by molar-refractivity contribution is -0.385. The molecule has 1 aliphatic heterocycles. The average Bonchev–Trinajstić information content (AvgIpc) is 1.63. The number of thiocarbonyl (C=S) groups is 3. The maximum Gasteiger partial charge on any atom is 0.269 e. The van der Waals surface area contributed by atoms with Crippen molar-refractivity contribution in [1.82, 2.24) is 25.0 Å². The summed E-state index contributed by atoms with van der Waals surface area (Å²) in [5.74, 6) is 5.34. The second kappa shape index (κ2) is 49.7. The molecule has 12 aromatic rings. The average molecular weight is 1880 g/mol. The number of aromatic nitrogens is 3. The predicted molar refractivity (Wildman–Crippen MR) is 512 cm³/mol. The van der Waals surface area contributed by atoms with Crippen LogP contribution in [0, 0.1) is 117 Å². The number of nitrogens with two attached hydrogens (primary N) is 3.